The first kappa shape index (κ1) is 37.7. The molecular weight excluding hydrogens is 625 g/mol. The molecule has 0 aliphatic rings. The van der Waals surface area contributed by atoms with Gasteiger partial charge in [0.2, 0.25) is 0 Å². The molecule has 0 aliphatic heterocycles. The fraction of sp³-hybridized carbons (Fsp3) is 0.290. The summed E-state index contributed by atoms with van der Waals surface area (Å²) in [6.45, 7) is 3.44. The van der Waals surface area contributed by atoms with Crippen LogP contribution in [0.15, 0.2) is 66.7 Å². The Bertz CT molecular complexity index is 1520. The Kier molecular flexibility index (Phi) is 14.3. The van der Waals surface area contributed by atoms with Crippen LogP contribution in [0.5, 0.6) is 17.2 Å². The zero-order chi connectivity index (χ0) is 35.1. The number of alkyl halides is 3. The number of ether oxygens (including phenoxy) is 3. The molecule has 13 nitrogen and oxygen atoms in total. The minimum atomic E-state index is -5.08. The van der Waals surface area contributed by atoms with E-state index in [0.717, 1.165) is 0 Å². The SMILES string of the molecule is CCOc1cc(OCCN(C)C)cc(C(Nc2ccc(C(=N)N)cc2)C(=O)NNC(=O)c2cccc(OC)c2)c1.O=C(O)C(F)(F)F. The van der Waals surface area contributed by atoms with Crippen molar-refractivity contribution in [1.29, 1.82) is 5.41 Å². The third-order valence-electron chi connectivity index (χ3n) is 6.00. The normalized spacial score (nSPS) is 11.3. The van der Waals surface area contributed by atoms with E-state index >= 15 is 0 Å². The van der Waals surface area contributed by atoms with Crippen LogP contribution in [0.3, 0.4) is 0 Å². The van der Waals surface area contributed by atoms with Gasteiger partial charge in [-0.25, -0.2) is 4.79 Å². The molecule has 2 amide bonds. The third-order valence-corrected chi connectivity index (χ3v) is 6.00. The first-order valence-corrected chi connectivity index (χ1v) is 13.9. The van der Waals surface area contributed by atoms with Crippen molar-refractivity contribution in [3.8, 4) is 17.2 Å². The number of methoxy groups -OCH3 is 1. The van der Waals surface area contributed by atoms with Gasteiger partial charge in [0, 0.05) is 29.4 Å². The molecule has 3 aromatic carbocycles. The lowest BCUT2D eigenvalue weighted by molar-refractivity contribution is -0.192. The van der Waals surface area contributed by atoms with Crippen LogP contribution in [-0.2, 0) is 9.59 Å². The number of hydrogen-bond acceptors (Lipinski definition) is 9. The van der Waals surface area contributed by atoms with Gasteiger partial charge in [-0.2, -0.15) is 13.2 Å². The lowest BCUT2D eigenvalue weighted by Crippen LogP contribution is -2.45. The summed E-state index contributed by atoms with van der Waals surface area (Å²) in [7, 11) is 5.41. The summed E-state index contributed by atoms with van der Waals surface area (Å²) < 4.78 is 48.6. The highest BCUT2D eigenvalue weighted by atomic mass is 19.4. The Morgan fingerprint density at radius 1 is 0.936 bits per heavy atom. The van der Waals surface area contributed by atoms with Gasteiger partial charge >= 0.3 is 12.1 Å². The van der Waals surface area contributed by atoms with E-state index in [1.807, 2.05) is 25.9 Å². The standard InChI is InChI=1S/C29H36N6O5.C2HF3O2/c1-5-39-24-16-21(17-25(18-24)40-14-13-35(2)3)26(32-22-11-9-19(10-12-22)27(30)31)29(37)34-33-28(36)20-7-6-8-23(15-20)38-4;3-2(4,5)1(6)7/h6-12,15-18,26,32H,5,13-14H2,1-4H3,(H3,30,31)(H,33,36)(H,34,37);(H,6,7). The fourth-order valence-corrected chi connectivity index (χ4v) is 3.68. The van der Waals surface area contributed by atoms with E-state index in [1.165, 1.54) is 7.11 Å². The number of nitrogens with zero attached hydrogens (tertiary/aromatic N) is 1. The molecule has 3 aromatic rings. The minimum absolute atomic E-state index is 0.0648. The molecule has 7 N–H and O–H groups in total. The minimum Gasteiger partial charge on any atom is -0.497 e. The van der Waals surface area contributed by atoms with Crippen molar-refractivity contribution in [3.63, 3.8) is 0 Å². The third kappa shape index (κ3) is 12.8. The van der Waals surface area contributed by atoms with E-state index in [-0.39, 0.29) is 5.84 Å². The van der Waals surface area contributed by atoms with Crippen LogP contribution >= 0.6 is 0 Å². The number of nitrogen functional groups attached to an aromatic ring is 1. The number of rotatable bonds is 13. The second kappa shape index (κ2) is 17.8. The number of carbonyl (C=O) groups excluding carboxylic acids is 2. The van der Waals surface area contributed by atoms with Crippen LogP contribution in [0.25, 0.3) is 0 Å². The number of hydrogen-bond donors (Lipinski definition) is 6. The number of benzene rings is 3. The summed E-state index contributed by atoms with van der Waals surface area (Å²) in [6.07, 6.45) is -5.08. The zero-order valence-corrected chi connectivity index (χ0v) is 26.1. The number of nitrogens with one attached hydrogen (secondary N) is 4. The number of nitrogens with two attached hydrogens (primary N) is 1. The second-order valence-electron chi connectivity index (χ2n) is 9.87. The van der Waals surface area contributed by atoms with Crippen molar-refractivity contribution in [1.82, 2.24) is 15.8 Å². The number of carbonyl (C=O) groups is 3. The van der Waals surface area contributed by atoms with Crippen LogP contribution < -0.4 is 36.1 Å². The molecule has 0 spiro atoms. The largest absolute Gasteiger partial charge is 0.497 e. The Hall–Kier alpha value is -5.51. The van der Waals surface area contributed by atoms with Crippen molar-refractivity contribution in [2.75, 3.05) is 46.3 Å². The lowest BCUT2D eigenvalue weighted by atomic mass is 10.0. The monoisotopic (exact) mass is 662 g/mol. The molecule has 0 bridgehead atoms. The van der Waals surface area contributed by atoms with Crippen LogP contribution in [0.2, 0.25) is 0 Å². The van der Waals surface area contributed by atoms with Crippen molar-refractivity contribution >= 4 is 29.3 Å². The highest BCUT2D eigenvalue weighted by molar-refractivity contribution is 5.97. The van der Waals surface area contributed by atoms with Crippen LogP contribution in [-0.4, -0.2) is 80.8 Å². The van der Waals surface area contributed by atoms with Crippen LogP contribution in [0.1, 0.15) is 34.5 Å². The molecule has 0 heterocycles. The van der Waals surface area contributed by atoms with Gasteiger partial charge in [-0.1, -0.05) is 6.07 Å². The number of carboxylic acids is 1. The van der Waals surface area contributed by atoms with Crippen molar-refractivity contribution < 1.29 is 46.9 Å². The van der Waals surface area contributed by atoms with E-state index in [9.17, 15) is 22.8 Å². The topological polar surface area (TPSA) is 188 Å². The first-order chi connectivity index (χ1) is 22.1. The number of amides is 2. The van der Waals surface area contributed by atoms with Gasteiger partial charge in [0.15, 0.2) is 0 Å². The molecule has 0 fully saturated rings. The predicted octanol–water partition coefficient (Wildman–Crippen LogP) is 3.57. The Balaban J connectivity index is 0.000000984. The highest BCUT2D eigenvalue weighted by Crippen LogP contribution is 2.29. The van der Waals surface area contributed by atoms with E-state index in [4.69, 9.17) is 35.3 Å². The zero-order valence-electron chi connectivity index (χ0n) is 26.1. The summed E-state index contributed by atoms with van der Waals surface area (Å²) in [5, 5.41) is 17.9. The van der Waals surface area contributed by atoms with Gasteiger partial charge in [-0.15, -0.1) is 0 Å². The average Bonchev–Trinajstić information content (AvgIpc) is 3.02. The van der Waals surface area contributed by atoms with Gasteiger partial charge < -0.3 is 35.3 Å². The Morgan fingerprint density at radius 3 is 2.09 bits per heavy atom. The molecule has 16 heteroatoms. The molecule has 47 heavy (non-hydrogen) atoms. The first-order valence-electron chi connectivity index (χ1n) is 13.9. The van der Waals surface area contributed by atoms with E-state index in [1.54, 1.807) is 66.7 Å². The summed E-state index contributed by atoms with van der Waals surface area (Å²) in [5.41, 5.74) is 12.6. The molecule has 3 rings (SSSR count). The molecule has 1 unspecified atom stereocenters. The van der Waals surface area contributed by atoms with Crippen molar-refractivity contribution in [2.24, 2.45) is 5.73 Å². The molecule has 0 radical (unpaired) electrons. The maximum atomic E-state index is 13.5. The number of anilines is 1. The maximum absolute atomic E-state index is 13.5. The smallest absolute Gasteiger partial charge is 0.490 e. The Morgan fingerprint density at radius 2 is 1.55 bits per heavy atom. The summed E-state index contributed by atoms with van der Waals surface area (Å²) in [6, 6.07) is 17.7. The van der Waals surface area contributed by atoms with Gasteiger partial charge in [-0.05, 0) is 81.2 Å². The number of carboxylic acid groups (broad SMARTS) is 1. The molecule has 1 atom stereocenters. The van der Waals surface area contributed by atoms with Gasteiger partial charge in [0.25, 0.3) is 11.8 Å². The average molecular weight is 663 g/mol. The number of likely N-dealkylation sites (N-methyl/N-ethyl adjacent to an activating group) is 1. The highest BCUT2D eigenvalue weighted by Gasteiger charge is 2.38. The Labute approximate surface area is 269 Å². The quantitative estimate of drug-likeness (QED) is 0.0897. The molecule has 254 valence electrons. The molecule has 0 saturated carbocycles. The molecular formula is C31H37F3N6O7. The lowest BCUT2D eigenvalue weighted by Gasteiger charge is -2.22. The number of halogens is 3. The summed E-state index contributed by atoms with van der Waals surface area (Å²) in [5.74, 6) is -2.27. The summed E-state index contributed by atoms with van der Waals surface area (Å²) in [4.78, 5) is 37.1. The van der Waals surface area contributed by atoms with E-state index in [0.29, 0.717) is 59.4 Å². The number of hydrazine groups is 1. The predicted molar refractivity (Wildman–Crippen MR) is 168 cm³/mol. The second-order valence-corrected chi connectivity index (χ2v) is 9.87. The van der Waals surface area contributed by atoms with Gasteiger partial charge in [0.1, 0.15) is 35.7 Å². The van der Waals surface area contributed by atoms with E-state index < -0.39 is 30.0 Å². The van der Waals surface area contributed by atoms with E-state index in [2.05, 4.69) is 16.2 Å². The van der Waals surface area contributed by atoms with Crippen LogP contribution in [0, 0.1) is 5.41 Å². The van der Waals surface area contributed by atoms with Gasteiger partial charge in [0.05, 0.1) is 13.7 Å². The maximum Gasteiger partial charge on any atom is 0.490 e. The molecule has 0 aliphatic carbocycles. The molecule has 0 aromatic heterocycles. The summed E-state index contributed by atoms with van der Waals surface area (Å²) >= 11 is 0. The van der Waals surface area contributed by atoms with Crippen molar-refractivity contribution in [2.45, 2.75) is 19.1 Å². The fourth-order valence-electron chi connectivity index (χ4n) is 3.68. The van der Waals surface area contributed by atoms with Gasteiger partial charge in [-0.3, -0.25) is 25.8 Å². The molecule has 0 saturated heterocycles. The number of aliphatic carboxylic acids is 1. The van der Waals surface area contributed by atoms with Crippen LogP contribution in [0.4, 0.5) is 18.9 Å². The number of amidine groups is 1. The van der Waals surface area contributed by atoms with Crippen molar-refractivity contribution in [3.05, 3.63) is 83.4 Å².